The molecule has 0 aliphatic rings. The molecule has 0 aliphatic carbocycles. The number of rotatable bonds is 9. The van der Waals surface area contributed by atoms with Crippen molar-refractivity contribution in [1.29, 1.82) is 0 Å². The summed E-state index contributed by atoms with van der Waals surface area (Å²) in [5, 5.41) is 5.84. The number of benzene rings is 3. The smallest absolute Gasteiger partial charge is 0.407 e. The maximum absolute atomic E-state index is 13.0. The molecule has 9 heteroatoms. The van der Waals surface area contributed by atoms with Crippen molar-refractivity contribution in [3.8, 4) is 22.5 Å². The molecule has 0 spiro atoms. The van der Waals surface area contributed by atoms with Gasteiger partial charge in [0.05, 0.1) is 28.7 Å². The Hall–Kier alpha value is -5.05. The number of carbonyl (C=O) groups is 2. The molecule has 3 aromatic carbocycles. The first-order valence-corrected chi connectivity index (χ1v) is 13.9. The molecule has 0 saturated carbocycles. The van der Waals surface area contributed by atoms with Gasteiger partial charge >= 0.3 is 6.09 Å². The Morgan fingerprint density at radius 2 is 1.64 bits per heavy atom. The minimum atomic E-state index is -0.599. The zero-order valence-corrected chi connectivity index (χ0v) is 24.0. The molecule has 2 amide bonds. The van der Waals surface area contributed by atoms with Gasteiger partial charge in [-0.3, -0.25) is 4.79 Å². The number of nitrogens with one attached hydrogen (secondary N) is 2. The van der Waals surface area contributed by atoms with Crippen molar-refractivity contribution in [1.82, 2.24) is 30.2 Å². The van der Waals surface area contributed by atoms with E-state index in [2.05, 4.69) is 15.6 Å². The van der Waals surface area contributed by atoms with Gasteiger partial charge in [-0.2, -0.15) is 0 Å². The van der Waals surface area contributed by atoms with E-state index in [0.29, 0.717) is 34.5 Å². The van der Waals surface area contributed by atoms with Crippen LogP contribution in [0.25, 0.3) is 33.5 Å². The largest absolute Gasteiger partial charge is 0.444 e. The summed E-state index contributed by atoms with van der Waals surface area (Å²) in [7, 11) is 0. The second-order valence-corrected chi connectivity index (χ2v) is 10.9. The van der Waals surface area contributed by atoms with Gasteiger partial charge in [0.1, 0.15) is 5.60 Å². The maximum Gasteiger partial charge on any atom is 0.407 e. The predicted octanol–water partition coefficient (Wildman–Crippen LogP) is 6.01. The van der Waals surface area contributed by atoms with E-state index < -0.39 is 11.7 Å². The number of alkyl carbamates (subject to hydrolysis) is 1. The molecular weight excluding hydrogens is 528 g/mol. The number of aryl methyl sites for hydroxylation is 1. The summed E-state index contributed by atoms with van der Waals surface area (Å²) < 4.78 is 7.40. The van der Waals surface area contributed by atoms with Gasteiger partial charge in [-0.25, -0.2) is 19.7 Å². The fourth-order valence-electron chi connectivity index (χ4n) is 4.55. The standard InChI is InChI=1S/C33H34N6O3/c1-33(2,3)42-32(41)36-21-25-12-7-8-13-26(25)30-29(23-10-5-4-6-11-23)37-27-15-14-24(20-28(27)38-30)31(40)35-16-9-18-39-19-17-34-22-39/h4-8,10-15,17,19-20,22H,9,16,18,21H2,1-3H3,(H,35,40)(H,36,41). The second kappa shape index (κ2) is 12.6. The van der Waals surface area contributed by atoms with Crippen LogP contribution in [-0.2, 0) is 17.8 Å². The first-order chi connectivity index (χ1) is 20.3. The predicted molar refractivity (Wildman–Crippen MR) is 163 cm³/mol. The number of hydrogen-bond donors (Lipinski definition) is 2. The number of ether oxygens (including phenoxy) is 1. The third-order valence-corrected chi connectivity index (χ3v) is 6.51. The zero-order valence-electron chi connectivity index (χ0n) is 24.0. The molecule has 0 aliphatic heterocycles. The van der Waals surface area contributed by atoms with Crippen LogP contribution in [0.15, 0.2) is 91.5 Å². The molecule has 0 unspecified atom stereocenters. The van der Waals surface area contributed by atoms with E-state index in [-0.39, 0.29) is 12.5 Å². The lowest BCUT2D eigenvalue weighted by atomic mass is 9.99. The number of nitrogens with zero attached hydrogens (tertiary/aromatic N) is 4. The van der Waals surface area contributed by atoms with Crippen molar-refractivity contribution in [3.63, 3.8) is 0 Å². The number of imidazole rings is 1. The monoisotopic (exact) mass is 562 g/mol. The van der Waals surface area contributed by atoms with Crippen molar-refractivity contribution in [2.75, 3.05) is 6.54 Å². The highest BCUT2D eigenvalue weighted by Gasteiger charge is 2.19. The molecule has 0 radical (unpaired) electrons. The van der Waals surface area contributed by atoms with Crippen molar-refractivity contribution in [2.24, 2.45) is 0 Å². The molecule has 5 aromatic rings. The Balaban J connectivity index is 1.45. The van der Waals surface area contributed by atoms with E-state index in [1.54, 1.807) is 24.7 Å². The molecule has 2 heterocycles. The third kappa shape index (κ3) is 7.17. The Kier molecular flexibility index (Phi) is 8.57. The van der Waals surface area contributed by atoms with Gasteiger partial charge in [0.2, 0.25) is 0 Å². The van der Waals surface area contributed by atoms with E-state index >= 15 is 0 Å². The quantitative estimate of drug-likeness (QED) is 0.213. The van der Waals surface area contributed by atoms with E-state index in [4.69, 9.17) is 14.7 Å². The molecule has 42 heavy (non-hydrogen) atoms. The van der Waals surface area contributed by atoms with Gasteiger partial charge in [-0.15, -0.1) is 0 Å². The number of hydrogen-bond acceptors (Lipinski definition) is 6. The fourth-order valence-corrected chi connectivity index (χ4v) is 4.55. The molecule has 2 aromatic heterocycles. The van der Waals surface area contributed by atoms with Gasteiger partial charge in [0.15, 0.2) is 0 Å². The van der Waals surface area contributed by atoms with Crippen molar-refractivity contribution < 1.29 is 14.3 Å². The number of aromatic nitrogens is 4. The summed E-state index contributed by atoms with van der Waals surface area (Å²) in [6.45, 7) is 7.04. The Morgan fingerprint density at radius 1 is 0.881 bits per heavy atom. The molecule has 0 atom stereocenters. The lowest BCUT2D eigenvalue weighted by Gasteiger charge is -2.20. The zero-order chi connectivity index (χ0) is 29.5. The first-order valence-electron chi connectivity index (χ1n) is 13.9. The van der Waals surface area contributed by atoms with E-state index in [1.807, 2.05) is 92.2 Å². The van der Waals surface area contributed by atoms with Crippen LogP contribution in [0.1, 0.15) is 43.1 Å². The highest BCUT2D eigenvalue weighted by atomic mass is 16.6. The highest BCUT2D eigenvalue weighted by Crippen LogP contribution is 2.33. The highest BCUT2D eigenvalue weighted by molar-refractivity contribution is 5.98. The summed E-state index contributed by atoms with van der Waals surface area (Å²) in [5.74, 6) is -0.167. The van der Waals surface area contributed by atoms with Crippen LogP contribution in [0.3, 0.4) is 0 Å². The molecular formula is C33H34N6O3. The molecule has 0 saturated heterocycles. The normalized spacial score (nSPS) is 11.3. The Bertz CT molecular complexity index is 1680. The SMILES string of the molecule is CC(C)(C)OC(=O)NCc1ccccc1-c1nc2cc(C(=O)NCCCn3ccnc3)ccc2nc1-c1ccccc1. The minimum Gasteiger partial charge on any atom is -0.444 e. The van der Waals surface area contributed by atoms with Crippen LogP contribution in [0.5, 0.6) is 0 Å². The second-order valence-electron chi connectivity index (χ2n) is 10.9. The molecule has 0 bridgehead atoms. The van der Waals surface area contributed by atoms with Crippen molar-refractivity contribution in [2.45, 2.75) is 45.9 Å². The molecule has 214 valence electrons. The number of amides is 2. The van der Waals surface area contributed by atoms with Crippen molar-refractivity contribution in [3.05, 3.63) is 103 Å². The van der Waals surface area contributed by atoms with E-state index in [1.165, 1.54) is 0 Å². The average molecular weight is 563 g/mol. The molecule has 5 rings (SSSR count). The molecule has 0 fully saturated rings. The van der Waals surface area contributed by atoms with Gasteiger partial charge in [-0.05, 0) is 51.0 Å². The first kappa shape index (κ1) is 28.5. The topological polar surface area (TPSA) is 111 Å². The third-order valence-electron chi connectivity index (χ3n) is 6.51. The van der Waals surface area contributed by atoms with Gasteiger partial charge in [-0.1, -0.05) is 54.6 Å². The summed E-state index contributed by atoms with van der Waals surface area (Å²) in [4.78, 5) is 39.4. The Labute approximate surface area is 245 Å². The van der Waals surface area contributed by atoms with Gasteiger partial charge < -0.3 is 19.9 Å². The van der Waals surface area contributed by atoms with Gasteiger partial charge in [0.25, 0.3) is 5.91 Å². The summed E-state index contributed by atoms with van der Waals surface area (Å²) in [6.07, 6.45) is 5.69. The molecule has 2 N–H and O–H groups in total. The van der Waals surface area contributed by atoms with Crippen LogP contribution >= 0.6 is 0 Å². The molecule has 9 nitrogen and oxygen atoms in total. The van der Waals surface area contributed by atoms with Crippen LogP contribution < -0.4 is 10.6 Å². The average Bonchev–Trinajstić information content (AvgIpc) is 3.51. The van der Waals surface area contributed by atoms with E-state index in [9.17, 15) is 9.59 Å². The lowest BCUT2D eigenvalue weighted by Crippen LogP contribution is -2.32. The number of carbonyl (C=O) groups excluding carboxylic acids is 2. The maximum atomic E-state index is 13.0. The van der Waals surface area contributed by atoms with Gasteiger partial charge in [0, 0.05) is 48.7 Å². The Morgan fingerprint density at radius 3 is 2.40 bits per heavy atom. The van der Waals surface area contributed by atoms with E-state index in [0.717, 1.165) is 29.7 Å². The summed E-state index contributed by atoms with van der Waals surface area (Å²) in [6, 6.07) is 23.0. The fraction of sp³-hybridized carbons (Fsp3) is 0.242. The summed E-state index contributed by atoms with van der Waals surface area (Å²) >= 11 is 0. The van der Waals surface area contributed by atoms with Crippen LogP contribution in [0.4, 0.5) is 4.79 Å². The summed E-state index contributed by atoms with van der Waals surface area (Å²) in [5.41, 5.74) is 5.17. The van der Waals surface area contributed by atoms with Crippen molar-refractivity contribution >= 4 is 23.0 Å². The number of fused-ring (bicyclic) bond motifs is 1. The van der Waals surface area contributed by atoms with Crippen LogP contribution in [0, 0.1) is 0 Å². The minimum absolute atomic E-state index is 0.167. The van der Waals surface area contributed by atoms with Crippen LogP contribution in [0.2, 0.25) is 0 Å². The van der Waals surface area contributed by atoms with Crippen LogP contribution in [-0.4, -0.2) is 43.7 Å². The lowest BCUT2D eigenvalue weighted by molar-refractivity contribution is 0.0523.